The molecule has 0 amide bonds. The molecule has 17 heavy (non-hydrogen) atoms. The van der Waals surface area contributed by atoms with Crippen molar-refractivity contribution in [2.75, 3.05) is 24.5 Å². The zero-order chi connectivity index (χ0) is 11.5. The number of nitrogens with one attached hydrogen (secondary N) is 1. The zero-order valence-corrected chi connectivity index (χ0v) is 10.4. The number of anilines is 1. The lowest BCUT2D eigenvalue weighted by atomic mass is 10.0. The van der Waals surface area contributed by atoms with Crippen molar-refractivity contribution in [1.29, 1.82) is 0 Å². The molecule has 0 bridgehead atoms. The molecule has 1 aliphatic rings. The third-order valence-electron chi connectivity index (χ3n) is 3.09. The Morgan fingerprint density at radius 2 is 2.18 bits per heavy atom. The van der Waals surface area contributed by atoms with Gasteiger partial charge in [0, 0.05) is 31.2 Å². The van der Waals surface area contributed by atoms with Crippen LogP contribution in [-0.4, -0.2) is 24.6 Å². The van der Waals surface area contributed by atoms with Crippen molar-refractivity contribution in [3.63, 3.8) is 0 Å². The third kappa shape index (κ3) is 2.18. The molecule has 0 radical (unpaired) electrons. The first-order chi connectivity index (χ1) is 8.45. The van der Waals surface area contributed by atoms with Crippen LogP contribution in [0.5, 0.6) is 0 Å². The second-order valence-electron chi connectivity index (χ2n) is 4.14. The van der Waals surface area contributed by atoms with Gasteiger partial charge in [-0.05, 0) is 5.56 Å². The maximum absolute atomic E-state index is 4.43. The molecule has 1 saturated heterocycles. The molecule has 4 heteroatoms. The van der Waals surface area contributed by atoms with Gasteiger partial charge in [0.2, 0.25) is 0 Å². The van der Waals surface area contributed by atoms with Gasteiger partial charge in [0.15, 0.2) is 5.13 Å². The van der Waals surface area contributed by atoms with E-state index < -0.39 is 0 Å². The topological polar surface area (TPSA) is 28.2 Å². The average molecular weight is 245 g/mol. The molecule has 1 aromatic carbocycles. The Hall–Kier alpha value is -1.39. The first-order valence-electron chi connectivity index (χ1n) is 5.87. The summed E-state index contributed by atoms with van der Waals surface area (Å²) >= 11 is 1.71. The number of thiazole rings is 1. The summed E-state index contributed by atoms with van der Waals surface area (Å²) < 4.78 is 0. The van der Waals surface area contributed by atoms with Crippen molar-refractivity contribution in [3.8, 4) is 0 Å². The van der Waals surface area contributed by atoms with Crippen molar-refractivity contribution in [1.82, 2.24) is 10.3 Å². The predicted octanol–water partition coefficient (Wildman–Crippen LogP) is 2.29. The maximum atomic E-state index is 4.43. The van der Waals surface area contributed by atoms with Crippen LogP contribution in [0.3, 0.4) is 0 Å². The highest BCUT2D eigenvalue weighted by Crippen LogP contribution is 2.29. The van der Waals surface area contributed by atoms with E-state index in [1.54, 1.807) is 11.3 Å². The molecule has 1 aliphatic heterocycles. The predicted molar refractivity (Wildman–Crippen MR) is 71.5 cm³/mol. The fraction of sp³-hybridized carbons (Fsp3) is 0.308. The van der Waals surface area contributed by atoms with Crippen LogP contribution in [0, 0.1) is 0 Å². The van der Waals surface area contributed by atoms with Gasteiger partial charge in [-0.1, -0.05) is 30.3 Å². The van der Waals surface area contributed by atoms with E-state index in [2.05, 4.69) is 45.5 Å². The van der Waals surface area contributed by atoms with Gasteiger partial charge < -0.3 is 10.2 Å². The molecule has 1 atom stereocenters. The molecule has 1 N–H and O–H groups in total. The summed E-state index contributed by atoms with van der Waals surface area (Å²) in [7, 11) is 0. The van der Waals surface area contributed by atoms with E-state index in [1.807, 2.05) is 11.6 Å². The highest BCUT2D eigenvalue weighted by Gasteiger charge is 2.25. The number of hydrogen-bond acceptors (Lipinski definition) is 4. The quantitative estimate of drug-likeness (QED) is 0.880. The van der Waals surface area contributed by atoms with Crippen molar-refractivity contribution >= 4 is 16.5 Å². The normalized spacial score (nSPS) is 20.5. The summed E-state index contributed by atoms with van der Waals surface area (Å²) in [4.78, 5) is 6.83. The average Bonchev–Trinajstić information content (AvgIpc) is 2.94. The third-order valence-corrected chi connectivity index (χ3v) is 3.90. The molecular formula is C13H15N3S. The summed E-state index contributed by atoms with van der Waals surface area (Å²) in [5, 5.41) is 6.63. The SMILES string of the molecule is c1ccc(C2CNCCN2c2nccs2)cc1. The van der Waals surface area contributed by atoms with E-state index in [1.165, 1.54) is 5.56 Å². The van der Waals surface area contributed by atoms with Crippen LogP contribution >= 0.6 is 11.3 Å². The van der Waals surface area contributed by atoms with E-state index in [4.69, 9.17) is 0 Å². The lowest BCUT2D eigenvalue weighted by Gasteiger charge is -2.36. The van der Waals surface area contributed by atoms with Gasteiger partial charge in [0.05, 0.1) is 6.04 Å². The number of hydrogen-bond donors (Lipinski definition) is 1. The Balaban J connectivity index is 1.91. The van der Waals surface area contributed by atoms with Gasteiger partial charge in [-0.25, -0.2) is 4.98 Å². The molecule has 2 heterocycles. The van der Waals surface area contributed by atoms with E-state index in [9.17, 15) is 0 Å². The summed E-state index contributed by atoms with van der Waals surface area (Å²) in [6.07, 6.45) is 1.88. The van der Waals surface area contributed by atoms with Gasteiger partial charge in [-0.2, -0.15) is 0 Å². The molecule has 88 valence electrons. The van der Waals surface area contributed by atoms with Crippen molar-refractivity contribution in [3.05, 3.63) is 47.5 Å². The van der Waals surface area contributed by atoms with Crippen LogP contribution in [0.2, 0.25) is 0 Å². The van der Waals surface area contributed by atoms with Crippen LogP contribution in [0.4, 0.5) is 5.13 Å². The largest absolute Gasteiger partial charge is 0.338 e. The van der Waals surface area contributed by atoms with Crippen LogP contribution in [-0.2, 0) is 0 Å². The molecule has 0 spiro atoms. The fourth-order valence-electron chi connectivity index (χ4n) is 2.26. The highest BCUT2D eigenvalue weighted by molar-refractivity contribution is 7.13. The fourth-order valence-corrected chi connectivity index (χ4v) is 2.98. The number of benzene rings is 1. The van der Waals surface area contributed by atoms with Gasteiger partial charge in [-0.15, -0.1) is 11.3 Å². The molecule has 1 aromatic heterocycles. The van der Waals surface area contributed by atoms with E-state index in [0.29, 0.717) is 6.04 Å². The van der Waals surface area contributed by atoms with Crippen LogP contribution in [0.15, 0.2) is 41.9 Å². The molecular weight excluding hydrogens is 230 g/mol. The summed E-state index contributed by atoms with van der Waals surface area (Å²) in [5.74, 6) is 0. The van der Waals surface area contributed by atoms with Gasteiger partial charge >= 0.3 is 0 Å². The molecule has 2 aromatic rings. The highest BCUT2D eigenvalue weighted by atomic mass is 32.1. The van der Waals surface area contributed by atoms with Crippen LogP contribution < -0.4 is 10.2 Å². The molecule has 3 rings (SSSR count). The summed E-state index contributed by atoms with van der Waals surface area (Å²) in [5.41, 5.74) is 1.36. The van der Waals surface area contributed by atoms with Gasteiger partial charge in [0.1, 0.15) is 0 Å². The molecule has 3 nitrogen and oxygen atoms in total. The second kappa shape index (κ2) is 4.85. The number of nitrogens with zero attached hydrogens (tertiary/aromatic N) is 2. The Labute approximate surface area is 105 Å². The van der Waals surface area contributed by atoms with Crippen LogP contribution in [0.25, 0.3) is 0 Å². The van der Waals surface area contributed by atoms with Gasteiger partial charge in [0.25, 0.3) is 0 Å². The Kier molecular flexibility index (Phi) is 3.07. The Morgan fingerprint density at radius 1 is 1.29 bits per heavy atom. The first-order valence-corrected chi connectivity index (χ1v) is 6.75. The Morgan fingerprint density at radius 3 is 2.94 bits per heavy atom. The maximum Gasteiger partial charge on any atom is 0.185 e. The number of aromatic nitrogens is 1. The monoisotopic (exact) mass is 245 g/mol. The zero-order valence-electron chi connectivity index (χ0n) is 9.54. The summed E-state index contributed by atoms with van der Waals surface area (Å²) in [6.45, 7) is 3.04. The minimum Gasteiger partial charge on any atom is -0.338 e. The lowest BCUT2D eigenvalue weighted by molar-refractivity contribution is 0.489. The lowest BCUT2D eigenvalue weighted by Crippen LogP contribution is -2.46. The number of rotatable bonds is 2. The van der Waals surface area contributed by atoms with Crippen molar-refractivity contribution < 1.29 is 0 Å². The smallest absolute Gasteiger partial charge is 0.185 e. The van der Waals surface area contributed by atoms with Crippen molar-refractivity contribution in [2.24, 2.45) is 0 Å². The first kappa shape index (κ1) is 10.7. The second-order valence-corrected chi connectivity index (χ2v) is 5.01. The minimum absolute atomic E-state index is 0.399. The van der Waals surface area contributed by atoms with E-state index in [-0.39, 0.29) is 0 Å². The number of piperazine rings is 1. The van der Waals surface area contributed by atoms with E-state index in [0.717, 1.165) is 24.8 Å². The van der Waals surface area contributed by atoms with Crippen LogP contribution in [0.1, 0.15) is 11.6 Å². The van der Waals surface area contributed by atoms with E-state index >= 15 is 0 Å². The molecule has 0 aliphatic carbocycles. The van der Waals surface area contributed by atoms with Gasteiger partial charge in [-0.3, -0.25) is 0 Å². The standard InChI is InChI=1S/C13H15N3S/c1-2-4-11(5-3-1)12-10-14-6-8-16(12)13-15-7-9-17-13/h1-5,7,9,12,14H,6,8,10H2. The molecule has 1 fully saturated rings. The van der Waals surface area contributed by atoms with Crippen molar-refractivity contribution in [2.45, 2.75) is 6.04 Å². The summed E-state index contributed by atoms with van der Waals surface area (Å²) in [6, 6.07) is 11.0. The molecule has 0 saturated carbocycles. The minimum atomic E-state index is 0.399. The molecule has 1 unspecified atom stereocenters. The Bertz CT molecular complexity index is 455.